The molecule has 0 bridgehead atoms. The summed E-state index contributed by atoms with van der Waals surface area (Å²) in [5, 5.41) is 0. The van der Waals surface area contributed by atoms with E-state index < -0.39 is 11.2 Å². The lowest BCUT2D eigenvalue weighted by Crippen LogP contribution is -2.50. The van der Waals surface area contributed by atoms with Crippen molar-refractivity contribution >= 4 is 11.6 Å². The molecule has 3 fully saturated rings. The van der Waals surface area contributed by atoms with Crippen molar-refractivity contribution in [2.75, 3.05) is 7.11 Å². The summed E-state index contributed by atoms with van der Waals surface area (Å²) in [6.07, 6.45) is 1.85. The van der Waals surface area contributed by atoms with Crippen LogP contribution in [0.5, 0.6) is 0 Å². The number of ether oxygens (including phenoxy) is 2. The van der Waals surface area contributed by atoms with Gasteiger partial charge in [0.15, 0.2) is 11.4 Å². The van der Waals surface area contributed by atoms with Crippen LogP contribution in [-0.4, -0.2) is 36.0 Å². The van der Waals surface area contributed by atoms with Crippen LogP contribution in [0.1, 0.15) is 47.0 Å². The molecule has 1 spiro atoms. The maximum atomic E-state index is 12.6. The predicted molar refractivity (Wildman–Crippen MR) is 73.3 cm³/mol. The van der Waals surface area contributed by atoms with Gasteiger partial charge in [0.2, 0.25) is 0 Å². The lowest BCUT2D eigenvalue weighted by atomic mass is 9.74. The third kappa shape index (κ3) is 1.55. The molecule has 0 aromatic carbocycles. The van der Waals surface area contributed by atoms with Crippen molar-refractivity contribution in [3.05, 3.63) is 0 Å². The molecule has 1 aliphatic heterocycles. The Kier molecular flexibility index (Phi) is 2.78. The Morgan fingerprint density at radius 2 is 2.00 bits per heavy atom. The zero-order valence-electron chi connectivity index (χ0n) is 13.0. The van der Waals surface area contributed by atoms with Gasteiger partial charge in [0, 0.05) is 20.0 Å². The van der Waals surface area contributed by atoms with Crippen LogP contribution in [-0.2, 0) is 19.1 Å². The van der Waals surface area contributed by atoms with E-state index in [1.807, 2.05) is 13.8 Å². The minimum absolute atomic E-state index is 0.000486. The van der Waals surface area contributed by atoms with Crippen molar-refractivity contribution in [1.82, 2.24) is 0 Å². The van der Waals surface area contributed by atoms with E-state index in [0.717, 1.165) is 6.42 Å². The van der Waals surface area contributed by atoms with E-state index in [2.05, 4.69) is 6.92 Å². The van der Waals surface area contributed by atoms with Gasteiger partial charge in [0.05, 0.1) is 6.10 Å². The molecule has 0 aromatic rings. The van der Waals surface area contributed by atoms with Crippen molar-refractivity contribution in [3.8, 4) is 0 Å². The first-order chi connectivity index (χ1) is 9.20. The highest BCUT2D eigenvalue weighted by molar-refractivity contribution is 5.95. The molecule has 3 aliphatic rings. The number of Topliss-reactive ketones (excluding diaryl/α,β-unsaturated/α-hetero) is 2. The van der Waals surface area contributed by atoms with E-state index in [0.29, 0.717) is 24.7 Å². The fourth-order valence-electron chi connectivity index (χ4n) is 4.74. The molecule has 1 unspecified atom stereocenters. The first-order valence-electron chi connectivity index (χ1n) is 7.46. The van der Waals surface area contributed by atoms with Gasteiger partial charge in [-0.1, -0.05) is 6.92 Å². The number of hydrogen-bond acceptors (Lipinski definition) is 4. The van der Waals surface area contributed by atoms with Crippen LogP contribution < -0.4 is 0 Å². The minimum Gasteiger partial charge on any atom is -0.378 e. The van der Waals surface area contributed by atoms with Crippen LogP contribution >= 0.6 is 0 Å². The van der Waals surface area contributed by atoms with E-state index >= 15 is 0 Å². The summed E-state index contributed by atoms with van der Waals surface area (Å²) < 4.78 is 11.5. The summed E-state index contributed by atoms with van der Waals surface area (Å²) >= 11 is 0. The van der Waals surface area contributed by atoms with Gasteiger partial charge in [-0.3, -0.25) is 4.79 Å². The predicted octanol–water partition coefficient (Wildman–Crippen LogP) is 2.14. The van der Waals surface area contributed by atoms with E-state index in [1.54, 1.807) is 14.0 Å². The second-order valence-corrected chi connectivity index (χ2v) is 7.48. The Bertz CT molecular complexity index is 483. The fraction of sp³-hybridized carbons (Fsp3) is 0.875. The van der Waals surface area contributed by atoms with Gasteiger partial charge >= 0.3 is 0 Å². The molecule has 1 saturated heterocycles. The number of carbonyl (C=O) groups is 2. The maximum Gasteiger partial charge on any atom is 0.181 e. The Morgan fingerprint density at radius 1 is 1.40 bits per heavy atom. The highest BCUT2D eigenvalue weighted by Gasteiger charge is 2.83. The number of hydrogen-bond donors (Lipinski definition) is 0. The molecule has 3 rings (SSSR count). The van der Waals surface area contributed by atoms with E-state index in [1.165, 1.54) is 0 Å². The van der Waals surface area contributed by atoms with Crippen molar-refractivity contribution in [2.45, 2.75) is 64.3 Å². The molecule has 0 N–H and O–H groups in total. The zero-order valence-corrected chi connectivity index (χ0v) is 13.0. The van der Waals surface area contributed by atoms with Crippen molar-refractivity contribution in [2.24, 2.45) is 17.3 Å². The topological polar surface area (TPSA) is 55.9 Å². The number of ketones is 2. The van der Waals surface area contributed by atoms with Gasteiger partial charge in [-0.15, -0.1) is 0 Å². The molecule has 4 nitrogen and oxygen atoms in total. The number of carbonyl (C=O) groups excluding carboxylic acids is 2. The lowest BCUT2D eigenvalue weighted by molar-refractivity contribution is -0.135. The molecule has 2 aliphatic carbocycles. The number of fused-ring (bicyclic) bond motifs is 1. The molecule has 5 atom stereocenters. The number of rotatable bonds is 4. The molecule has 112 valence electrons. The van der Waals surface area contributed by atoms with Crippen molar-refractivity contribution < 1.29 is 19.1 Å². The van der Waals surface area contributed by atoms with E-state index in [-0.39, 0.29) is 23.1 Å². The smallest absolute Gasteiger partial charge is 0.181 e. The van der Waals surface area contributed by atoms with E-state index in [9.17, 15) is 9.59 Å². The molecule has 2 saturated carbocycles. The SMILES string of the molecule is CO[C@H]1C2[C@@H](CCC(C)=O)[C@]2(C)CC(=O)[C@]12OC2(C)C. The highest BCUT2D eigenvalue weighted by Crippen LogP contribution is 2.73. The summed E-state index contributed by atoms with van der Waals surface area (Å²) in [7, 11) is 1.67. The number of methoxy groups -OCH3 is 1. The molecule has 0 radical (unpaired) electrons. The molecule has 0 amide bonds. The Labute approximate surface area is 120 Å². The standard InChI is InChI=1S/C16H24O4/c1-9(17)6-7-10-12-13(19-5)16(14(2,3)20-16)11(18)8-15(10,12)4/h10,12-13H,6-8H2,1-5H3/t10-,12?,13+,15+,16+/m1/s1. The second kappa shape index (κ2) is 3.92. The summed E-state index contributed by atoms with van der Waals surface area (Å²) in [4.78, 5) is 23.8. The first-order valence-corrected chi connectivity index (χ1v) is 7.46. The van der Waals surface area contributed by atoms with Gasteiger partial charge < -0.3 is 14.3 Å². The van der Waals surface area contributed by atoms with Crippen LogP contribution in [0.15, 0.2) is 0 Å². The average Bonchev–Trinajstić information content (AvgIpc) is 3.10. The lowest BCUT2D eigenvalue weighted by Gasteiger charge is -2.31. The van der Waals surface area contributed by atoms with Gasteiger partial charge in [-0.05, 0) is 44.4 Å². The highest BCUT2D eigenvalue weighted by atomic mass is 16.7. The van der Waals surface area contributed by atoms with Crippen LogP contribution in [0.4, 0.5) is 0 Å². The van der Waals surface area contributed by atoms with Crippen LogP contribution in [0.25, 0.3) is 0 Å². The van der Waals surface area contributed by atoms with Gasteiger partial charge in [-0.2, -0.15) is 0 Å². The molecular weight excluding hydrogens is 256 g/mol. The molecule has 20 heavy (non-hydrogen) atoms. The molecule has 0 aromatic heterocycles. The summed E-state index contributed by atoms with van der Waals surface area (Å²) in [5.74, 6) is 1.14. The minimum atomic E-state index is -0.739. The summed E-state index contributed by atoms with van der Waals surface area (Å²) in [6.45, 7) is 7.72. The van der Waals surface area contributed by atoms with Crippen molar-refractivity contribution in [1.29, 1.82) is 0 Å². The molecular formula is C16H24O4. The van der Waals surface area contributed by atoms with E-state index in [4.69, 9.17) is 9.47 Å². The van der Waals surface area contributed by atoms with Gasteiger partial charge in [0.25, 0.3) is 0 Å². The average molecular weight is 280 g/mol. The van der Waals surface area contributed by atoms with Crippen LogP contribution in [0, 0.1) is 17.3 Å². The second-order valence-electron chi connectivity index (χ2n) is 7.48. The normalized spacial score (nSPS) is 48.0. The Balaban J connectivity index is 1.84. The van der Waals surface area contributed by atoms with Crippen molar-refractivity contribution in [3.63, 3.8) is 0 Å². The van der Waals surface area contributed by atoms with Crippen LogP contribution in [0.3, 0.4) is 0 Å². The Morgan fingerprint density at radius 3 is 2.45 bits per heavy atom. The Hall–Kier alpha value is -0.740. The largest absolute Gasteiger partial charge is 0.378 e. The van der Waals surface area contributed by atoms with Crippen LogP contribution in [0.2, 0.25) is 0 Å². The molecule has 4 heteroatoms. The quantitative estimate of drug-likeness (QED) is 0.740. The summed E-state index contributed by atoms with van der Waals surface area (Å²) in [6, 6.07) is 0. The van der Waals surface area contributed by atoms with Gasteiger partial charge in [-0.25, -0.2) is 0 Å². The third-order valence-corrected chi connectivity index (χ3v) is 5.95. The fourth-order valence-corrected chi connectivity index (χ4v) is 4.74. The first kappa shape index (κ1) is 14.2. The van der Waals surface area contributed by atoms with Gasteiger partial charge in [0.1, 0.15) is 11.4 Å². The zero-order chi connectivity index (χ0) is 14.9. The third-order valence-electron chi connectivity index (χ3n) is 5.95. The monoisotopic (exact) mass is 280 g/mol. The maximum absolute atomic E-state index is 12.6. The molecule has 1 heterocycles. The summed E-state index contributed by atoms with van der Waals surface area (Å²) in [5.41, 5.74) is -1.16. The number of epoxide rings is 1.